The molecule has 9 heteroatoms. The minimum absolute atomic E-state index is 0.00535. The van der Waals surface area contributed by atoms with Crippen LogP contribution in [0.3, 0.4) is 0 Å². The Labute approximate surface area is 179 Å². The molecule has 0 radical (unpaired) electrons. The fraction of sp³-hybridized carbons (Fsp3) is 0.318. The Morgan fingerprint density at radius 2 is 1.90 bits per heavy atom. The maximum absolute atomic E-state index is 13.1. The van der Waals surface area contributed by atoms with Crippen LogP contribution in [0.25, 0.3) is 11.2 Å². The van der Waals surface area contributed by atoms with Gasteiger partial charge in [-0.1, -0.05) is 12.1 Å². The van der Waals surface area contributed by atoms with Crippen LogP contribution >= 0.6 is 0 Å². The SMILES string of the molecule is Cc1nc2c(C(=O)N3CCC(Cc4ccc(C(=O)O)cc4)C3)ccnc2n1C.O=CO. The first kappa shape index (κ1) is 21.9. The van der Waals surface area contributed by atoms with Crippen molar-refractivity contribution in [2.45, 2.75) is 19.8 Å². The average Bonchev–Trinajstić information content (AvgIpc) is 3.33. The van der Waals surface area contributed by atoms with Crippen molar-refractivity contribution in [2.75, 3.05) is 13.1 Å². The molecular formula is C22H24N4O5. The van der Waals surface area contributed by atoms with Crippen LogP contribution in [0.2, 0.25) is 0 Å². The molecule has 2 N–H and O–H groups in total. The number of aromatic carboxylic acids is 1. The number of imidazole rings is 1. The van der Waals surface area contributed by atoms with Gasteiger partial charge in [-0.25, -0.2) is 14.8 Å². The molecule has 2 aromatic heterocycles. The summed E-state index contributed by atoms with van der Waals surface area (Å²) in [5.41, 5.74) is 3.35. The molecule has 0 spiro atoms. The predicted molar refractivity (Wildman–Crippen MR) is 113 cm³/mol. The molecule has 162 valence electrons. The third-order valence-corrected chi connectivity index (χ3v) is 5.51. The smallest absolute Gasteiger partial charge is 0.335 e. The Hall–Kier alpha value is -3.75. The van der Waals surface area contributed by atoms with Crippen LogP contribution in [0.15, 0.2) is 36.5 Å². The Balaban J connectivity index is 0.000000858. The summed E-state index contributed by atoms with van der Waals surface area (Å²) in [4.78, 5) is 43.2. The summed E-state index contributed by atoms with van der Waals surface area (Å²) in [6, 6.07) is 8.72. The Morgan fingerprint density at radius 3 is 2.55 bits per heavy atom. The van der Waals surface area contributed by atoms with E-state index in [0.29, 0.717) is 35.7 Å². The topological polar surface area (TPSA) is 126 Å². The van der Waals surface area contributed by atoms with Crippen LogP contribution < -0.4 is 0 Å². The lowest BCUT2D eigenvalue weighted by Gasteiger charge is -2.17. The van der Waals surface area contributed by atoms with Crippen molar-refractivity contribution >= 4 is 29.5 Å². The van der Waals surface area contributed by atoms with E-state index in [4.69, 9.17) is 15.0 Å². The van der Waals surface area contributed by atoms with Crippen molar-refractivity contribution < 1.29 is 24.6 Å². The summed E-state index contributed by atoms with van der Waals surface area (Å²) in [5, 5.41) is 15.9. The van der Waals surface area contributed by atoms with Gasteiger partial charge in [0.25, 0.3) is 12.4 Å². The first-order valence-electron chi connectivity index (χ1n) is 9.83. The van der Waals surface area contributed by atoms with E-state index in [1.165, 1.54) is 0 Å². The largest absolute Gasteiger partial charge is 0.483 e. The molecule has 0 aliphatic carbocycles. The minimum Gasteiger partial charge on any atom is -0.483 e. The molecule has 0 bridgehead atoms. The lowest BCUT2D eigenvalue weighted by atomic mass is 9.98. The average molecular weight is 424 g/mol. The number of amides is 1. The molecular weight excluding hydrogens is 400 g/mol. The number of fused-ring (bicyclic) bond motifs is 1. The van der Waals surface area contributed by atoms with Crippen LogP contribution in [0, 0.1) is 12.8 Å². The molecule has 1 aromatic carbocycles. The van der Waals surface area contributed by atoms with Gasteiger partial charge in [0.1, 0.15) is 11.3 Å². The summed E-state index contributed by atoms with van der Waals surface area (Å²) < 4.78 is 1.89. The molecule has 1 saturated heterocycles. The molecule has 1 amide bonds. The lowest BCUT2D eigenvalue weighted by Crippen LogP contribution is -2.29. The van der Waals surface area contributed by atoms with Gasteiger partial charge in [0, 0.05) is 26.3 Å². The van der Waals surface area contributed by atoms with Crippen molar-refractivity contribution in [1.29, 1.82) is 0 Å². The fourth-order valence-corrected chi connectivity index (χ4v) is 3.83. The fourth-order valence-electron chi connectivity index (χ4n) is 3.83. The number of nitrogens with zero attached hydrogens (tertiary/aromatic N) is 4. The Morgan fingerprint density at radius 1 is 1.23 bits per heavy atom. The number of hydrogen-bond acceptors (Lipinski definition) is 5. The monoisotopic (exact) mass is 424 g/mol. The number of rotatable bonds is 4. The van der Waals surface area contributed by atoms with Gasteiger partial charge in [0.15, 0.2) is 5.65 Å². The van der Waals surface area contributed by atoms with Gasteiger partial charge in [-0.2, -0.15) is 0 Å². The number of carboxylic acids is 1. The van der Waals surface area contributed by atoms with Crippen molar-refractivity contribution in [3.8, 4) is 0 Å². The molecule has 1 unspecified atom stereocenters. The number of pyridine rings is 1. The first-order valence-corrected chi connectivity index (χ1v) is 9.83. The summed E-state index contributed by atoms with van der Waals surface area (Å²) in [5.74, 6) is 0.265. The van der Waals surface area contributed by atoms with Crippen molar-refractivity contribution in [2.24, 2.45) is 13.0 Å². The maximum Gasteiger partial charge on any atom is 0.335 e. The molecule has 0 saturated carbocycles. The highest BCUT2D eigenvalue weighted by Crippen LogP contribution is 2.25. The first-order chi connectivity index (χ1) is 14.8. The third kappa shape index (κ3) is 4.71. The van der Waals surface area contributed by atoms with Crippen molar-refractivity contribution in [3.05, 3.63) is 59.0 Å². The van der Waals surface area contributed by atoms with Gasteiger partial charge in [-0.3, -0.25) is 9.59 Å². The van der Waals surface area contributed by atoms with E-state index in [1.807, 2.05) is 35.6 Å². The van der Waals surface area contributed by atoms with E-state index in [-0.39, 0.29) is 12.4 Å². The Bertz CT molecular complexity index is 1110. The second-order valence-electron chi connectivity index (χ2n) is 7.47. The van der Waals surface area contributed by atoms with E-state index in [9.17, 15) is 9.59 Å². The molecule has 3 aromatic rings. The summed E-state index contributed by atoms with van der Waals surface area (Å²) in [7, 11) is 1.90. The summed E-state index contributed by atoms with van der Waals surface area (Å²) in [6.45, 7) is 3.05. The zero-order chi connectivity index (χ0) is 22.5. The van der Waals surface area contributed by atoms with E-state index < -0.39 is 5.97 Å². The van der Waals surface area contributed by atoms with Crippen molar-refractivity contribution in [3.63, 3.8) is 0 Å². The van der Waals surface area contributed by atoms with Crippen LogP contribution in [-0.4, -0.2) is 61.1 Å². The maximum atomic E-state index is 13.1. The highest BCUT2D eigenvalue weighted by atomic mass is 16.4. The number of carboxylic acid groups (broad SMARTS) is 2. The molecule has 1 atom stereocenters. The number of carbonyl (C=O) groups excluding carboxylic acids is 1. The second kappa shape index (κ2) is 9.38. The Kier molecular flexibility index (Phi) is 6.64. The minimum atomic E-state index is -0.919. The van der Waals surface area contributed by atoms with E-state index >= 15 is 0 Å². The van der Waals surface area contributed by atoms with Crippen LogP contribution in [-0.2, 0) is 18.3 Å². The van der Waals surface area contributed by atoms with E-state index in [2.05, 4.69) is 9.97 Å². The van der Waals surface area contributed by atoms with Gasteiger partial charge in [-0.15, -0.1) is 0 Å². The van der Waals surface area contributed by atoms with Crippen LogP contribution in [0.4, 0.5) is 0 Å². The second-order valence-corrected chi connectivity index (χ2v) is 7.47. The molecule has 1 aliphatic rings. The molecule has 4 rings (SSSR count). The highest BCUT2D eigenvalue weighted by molar-refractivity contribution is 6.04. The van der Waals surface area contributed by atoms with Crippen LogP contribution in [0.1, 0.15) is 38.5 Å². The lowest BCUT2D eigenvalue weighted by molar-refractivity contribution is -0.122. The number of carbonyl (C=O) groups is 3. The number of benzene rings is 1. The summed E-state index contributed by atoms with van der Waals surface area (Å²) in [6.07, 6.45) is 3.42. The quantitative estimate of drug-likeness (QED) is 0.616. The number of likely N-dealkylation sites (tertiary alicyclic amines) is 1. The van der Waals surface area contributed by atoms with Gasteiger partial charge in [0.05, 0.1) is 11.1 Å². The van der Waals surface area contributed by atoms with Crippen molar-refractivity contribution in [1.82, 2.24) is 19.4 Å². The third-order valence-electron chi connectivity index (χ3n) is 5.51. The van der Waals surface area contributed by atoms with Gasteiger partial charge >= 0.3 is 5.97 Å². The number of aryl methyl sites for hydroxylation is 2. The van der Waals surface area contributed by atoms with Crippen LogP contribution in [0.5, 0.6) is 0 Å². The number of hydrogen-bond donors (Lipinski definition) is 2. The van der Waals surface area contributed by atoms with Gasteiger partial charge in [0.2, 0.25) is 0 Å². The molecule has 31 heavy (non-hydrogen) atoms. The van der Waals surface area contributed by atoms with Gasteiger partial charge in [-0.05, 0) is 49.4 Å². The standard InChI is InChI=1S/C21H22N4O3.CH2O2/c1-13-23-18-17(7-9-22-19(18)24(13)2)20(26)25-10-8-15(12-25)11-14-3-5-16(6-4-14)21(27)28;2-1-3/h3-7,9,15H,8,10-12H2,1-2H3,(H,27,28);1H,(H,2,3). The number of aromatic nitrogens is 3. The predicted octanol–water partition coefficient (Wildman–Crippen LogP) is 2.38. The normalized spacial score (nSPS) is 15.4. The zero-order valence-corrected chi connectivity index (χ0v) is 17.4. The van der Waals surface area contributed by atoms with E-state index in [1.54, 1.807) is 24.4 Å². The molecule has 1 aliphatic heterocycles. The molecule has 3 heterocycles. The van der Waals surface area contributed by atoms with Gasteiger partial charge < -0.3 is 19.7 Å². The highest BCUT2D eigenvalue weighted by Gasteiger charge is 2.29. The zero-order valence-electron chi connectivity index (χ0n) is 17.4. The summed E-state index contributed by atoms with van der Waals surface area (Å²) >= 11 is 0. The van der Waals surface area contributed by atoms with E-state index in [0.717, 1.165) is 29.9 Å². The molecule has 1 fully saturated rings. The molecule has 9 nitrogen and oxygen atoms in total.